The summed E-state index contributed by atoms with van der Waals surface area (Å²) in [6.45, 7) is 0. The van der Waals surface area contributed by atoms with Gasteiger partial charge in [-0.05, 0) is 36.4 Å². The van der Waals surface area contributed by atoms with Crippen LogP contribution in [0, 0.1) is 0 Å². The van der Waals surface area contributed by atoms with Gasteiger partial charge in [-0.3, -0.25) is 9.59 Å². The van der Waals surface area contributed by atoms with Gasteiger partial charge in [0.1, 0.15) is 16.8 Å². The molecule has 1 aromatic carbocycles. The Hall–Kier alpha value is -3.92. The van der Waals surface area contributed by atoms with Gasteiger partial charge in [0.25, 0.3) is 5.91 Å². The van der Waals surface area contributed by atoms with Crippen LogP contribution in [0.3, 0.4) is 0 Å². The summed E-state index contributed by atoms with van der Waals surface area (Å²) in [4.78, 5) is 25.3. The van der Waals surface area contributed by atoms with Crippen LogP contribution in [0.1, 0.15) is 17.9 Å². The van der Waals surface area contributed by atoms with Gasteiger partial charge < -0.3 is 14.2 Å². The third-order valence-electron chi connectivity index (χ3n) is 4.06. The zero-order chi connectivity index (χ0) is 21.5. The van der Waals surface area contributed by atoms with Gasteiger partial charge in [-0.15, -0.1) is 5.10 Å². The number of amidine groups is 1. The molecule has 0 spiro atoms. The predicted molar refractivity (Wildman–Crippen MR) is 118 cm³/mol. The van der Waals surface area contributed by atoms with E-state index in [2.05, 4.69) is 20.6 Å². The summed E-state index contributed by atoms with van der Waals surface area (Å²) >= 11 is 1.12. The van der Waals surface area contributed by atoms with E-state index in [1.54, 1.807) is 36.4 Å². The van der Waals surface area contributed by atoms with Crippen molar-refractivity contribution in [1.82, 2.24) is 5.01 Å². The molecule has 2 amide bonds. The van der Waals surface area contributed by atoms with Crippen molar-refractivity contribution in [3.8, 4) is 0 Å². The second-order valence-corrected chi connectivity index (χ2v) is 7.45. The number of hydrazone groups is 1. The Morgan fingerprint density at radius 2 is 1.74 bits per heavy atom. The molecule has 0 saturated carbocycles. The molecule has 10 heteroatoms. The minimum Gasteiger partial charge on any atom is -0.463 e. The Kier molecular flexibility index (Phi) is 6.38. The van der Waals surface area contributed by atoms with Crippen LogP contribution in [-0.2, 0) is 9.59 Å². The second kappa shape index (κ2) is 9.72. The maximum absolute atomic E-state index is 12.9. The number of carbonyl (C=O) groups excluding carboxylic acids is 2. The van der Waals surface area contributed by atoms with Crippen molar-refractivity contribution < 1.29 is 18.4 Å². The highest BCUT2D eigenvalue weighted by atomic mass is 32.2. The van der Waals surface area contributed by atoms with Gasteiger partial charge in [0.05, 0.1) is 25.0 Å². The third kappa shape index (κ3) is 5.37. The number of carbonyl (C=O) groups is 2. The predicted octanol–water partition coefficient (Wildman–Crippen LogP) is 3.57. The number of hydrogen-bond acceptors (Lipinski definition) is 8. The van der Waals surface area contributed by atoms with Gasteiger partial charge in [-0.2, -0.15) is 15.2 Å². The average Bonchev–Trinajstić information content (AvgIpc) is 3.52. The molecule has 156 valence electrons. The summed E-state index contributed by atoms with van der Waals surface area (Å²) < 4.78 is 10.4. The van der Waals surface area contributed by atoms with E-state index in [0.717, 1.165) is 16.8 Å². The first-order chi connectivity index (χ1) is 15.2. The van der Waals surface area contributed by atoms with Crippen molar-refractivity contribution in [2.24, 2.45) is 15.3 Å². The summed E-state index contributed by atoms with van der Waals surface area (Å²) in [6, 6.07) is 15.9. The van der Waals surface area contributed by atoms with E-state index in [1.165, 1.54) is 25.0 Å². The maximum Gasteiger partial charge on any atom is 0.263 e. The average molecular weight is 435 g/mol. The number of benzene rings is 1. The van der Waals surface area contributed by atoms with E-state index >= 15 is 0 Å². The van der Waals surface area contributed by atoms with Crippen LogP contribution < -0.4 is 5.32 Å². The van der Waals surface area contributed by atoms with E-state index in [1.807, 2.05) is 18.2 Å². The molecule has 9 nitrogen and oxygen atoms in total. The molecule has 1 aliphatic rings. The molecule has 2 aromatic heterocycles. The molecule has 1 fully saturated rings. The second-order valence-electron chi connectivity index (χ2n) is 6.28. The fourth-order valence-corrected chi connectivity index (χ4v) is 3.66. The Labute approximate surface area is 181 Å². The quantitative estimate of drug-likeness (QED) is 0.450. The Bertz CT molecular complexity index is 1110. The number of amides is 2. The zero-order valence-corrected chi connectivity index (χ0v) is 16.9. The van der Waals surface area contributed by atoms with Gasteiger partial charge in [0.2, 0.25) is 11.1 Å². The molecule has 1 aliphatic heterocycles. The van der Waals surface area contributed by atoms with Gasteiger partial charge >= 0.3 is 0 Å². The molecule has 3 heterocycles. The number of nitrogens with one attached hydrogen (secondary N) is 1. The van der Waals surface area contributed by atoms with E-state index in [-0.39, 0.29) is 23.4 Å². The van der Waals surface area contributed by atoms with Crippen molar-refractivity contribution in [2.45, 2.75) is 11.7 Å². The number of nitrogens with zero attached hydrogens (tertiary/aromatic N) is 4. The fourth-order valence-electron chi connectivity index (χ4n) is 2.64. The van der Waals surface area contributed by atoms with Crippen molar-refractivity contribution >= 4 is 46.9 Å². The number of thioether (sulfide) groups is 1. The van der Waals surface area contributed by atoms with Crippen LogP contribution >= 0.6 is 11.8 Å². The summed E-state index contributed by atoms with van der Waals surface area (Å²) in [5, 5.41) is 15.7. The highest BCUT2D eigenvalue weighted by molar-refractivity contribution is 8.15. The third-order valence-corrected chi connectivity index (χ3v) is 5.17. The molecule has 31 heavy (non-hydrogen) atoms. The molecule has 1 saturated heterocycles. The first kappa shape index (κ1) is 20.4. The largest absolute Gasteiger partial charge is 0.463 e. The minimum absolute atomic E-state index is 0.0356. The molecule has 1 atom stereocenters. The Morgan fingerprint density at radius 3 is 2.42 bits per heavy atom. The smallest absolute Gasteiger partial charge is 0.263 e. The van der Waals surface area contributed by atoms with E-state index in [0.29, 0.717) is 17.2 Å². The number of para-hydroxylation sites is 1. The van der Waals surface area contributed by atoms with Gasteiger partial charge in [-0.25, -0.2) is 0 Å². The lowest BCUT2D eigenvalue weighted by Crippen LogP contribution is -2.29. The summed E-state index contributed by atoms with van der Waals surface area (Å²) in [5.41, 5.74) is 0.660. The molecule has 0 bridgehead atoms. The Morgan fingerprint density at radius 1 is 1.03 bits per heavy atom. The molecule has 1 unspecified atom stereocenters. The first-order valence-corrected chi connectivity index (χ1v) is 10.1. The topological polar surface area (TPSA) is 113 Å². The first-order valence-electron chi connectivity index (χ1n) is 9.26. The van der Waals surface area contributed by atoms with Crippen LogP contribution in [0.15, 0.2) is 91.3 Å². The van der Waals surface area contributed by atoms with Crippen molar-refractivity contribution in [1.29, 1.82) is 0 Å². The molecular formula is C21H17N5O4S. The molecule has 4 rings (SSSR count). The molecule has 1 N–H and O–H groups in total. The fraction of sp³-hybridized carbons (Fsp3) is 0.0952. The summed E-state index contributed by atoms with van der Waals surface area (Å²) in [7, 11) is 0. The maximum atomic E-state index is 12.9. The summed E-state index contributed by atoms with van der Waals surface area (Å²) in [6.07, 6.45) is 5.80. The van der Waals surface area contributed by atoms with Gasteiger partial charge in [-0.1, -0.05) is 30.0 Å². The lowest BCUT2D eigenvalue weighted by molar-refractivity contribution is -0.128. The van der Waals surface area contributed by atoms with E-state index in [9.17, 15) is 9.59 Å². The van der Waals surface area contributed by atoms with Crippen LogP contribution in [-0.4, -0.2) is 39.7 Å². The lowest BCUT2D eigenvalue weighted by atomic mass is 10.2. The lowest BCUT2D eigenvalue weighted by Gasteiger charge is -2.09. The SMILES string of the molecule is O=C(CC1SC(=NN=Cc2ccco2)N(N=Cc2ccco2)C1=O)Nc1ccccc1. The molecule has 0 aliphatic carbocycles. The standard InChI is InChI=1S/C21H17N5O4S/c27-19(24-15-6-2-1-3-7-15)12-18-20(28)26(23-14-17-9-5-11-30-17)21(31-18)25-22-13-16-8-4-10-29-16/h1-11,13-14,18H,12H2,(H,24,27). The van der Waals surface area contributed by atoms with E-state index < -0.39 is 5.25 Å². The van der Waals surface area contributed by atoms with Gasteiger partial charge in [0.15, 0.2) is 0 Å². The number of anilines is 1. The monoisotopic (exact) mass is 435 g/mol. The number of hydrogen-bond donors (Lipinski definition) is 1. The zero-order valence-electron chi connectivity index (χ0n) is 16.1. The summed E-state index contributed by atoms with van der Waals surface area (Å²) in [5.74, 6) is 0.333. The van der Waals surface area contributed by atoms with Crippen LogP contribution in [0.25, 0.3) is 0 Å². The molecular weight excluding hydrogens is 418 g/mol. The highest BCUT2D eigenvalue weighted by Crippen LogP contribution is 2.30. The normalized spacial score (nSPS) is 17.9. The van der Waals surface area contributed by atoms with Crippen molar-refractivity contribution in [3.05, 3.63) is 78.6 Å². The Balaban J connectivity index is 1.49. The molecule has 0 radical (unpaired) electrons. The number of furan rings is 2. The van der Waals surface area contributed by atoms with Crippen LogP contribution in [0.5, 0.6) is 0 Å². The molecule has 3 aromatic rings. The van der Waals surface area contributed by atoms with Gasteiger partial charge in [0, 0.05) is 12.1 Å². The highest BCUT2D eigenvalue weighted by Gasteiger charge is 2.39. The van der Waals surface area contributed by atoms with Crippen molar-refractivity contribution in [3.63, 3.8) is 0 Å². The van der Waals surface area contributed by atoms with E-state index in [4.69, 9.17) is 8.83 Å². The van der Waals surface area contributed by atoms with Crippen LogP contribution in [0.2, 0.25) is 0 Å². The minimum atomic E-state index is -0.685. The van der Waals surface area contributed by atoms with Crippen LogP contribution in [0.4, 0.5) is 5.69 Å². The number of rotatable bonds is 7. The van der Waals surface area contributed by atoms with Crippen molar-refractivity contribution in [2.75, 3.05) is 5.32 Å².